The minimum Gasteiger partial charge on any atom is -0.379 e. The maximum atomic E-state index is 11.0. The van der Waals surface area contributed by atoms with Crippen molar-refractivity contribution < 1.29 is 4.79 Å². The Bertz CT molecular complexity index is 589. The lowest BCUT2D eigenvalue weighted by molar-refractivity contribution is -0.114. The Balaban J connectivity index is 2.04. The molecule has 19 heavy (non-hydrogen) atoms. The summed E-state index contributed by atoms with van der Waals surface area (Å²) in [5.74, 6) is -0.0568. The monoisotopic (exact) mass is 258 g/mol. The molecule has 0 atom stereocenters. The van der Waals surface area contributed by atoms with Crippen molar-refractivity contribution in [1.82, 2.24) is 9.55 Å². The predicted octanol–water partition coefficient (Wildman–Crippen LogP) is 2.30. The number of amides is 1. The zero-order valence-corrected chi connectivity index (χ0v) is 11.4. The SMILES string of the molecule is CC(=O)Nc1ccc(NCc2cncn2C)cc1C. The van der Waals surface area contributed by atoms with Crippen molar-refractivity contribution in [3.05, 3.63) is 42.0 Å². The molecule has 0 radical (unpaired) electrons. The molecule has 0 bridgehead atoms. The van der Waals surface area contributed by atoms with Gasteiger partial charge in [-0.15, -0.1) is 0 Å². The fourth-order valence-corrected chi connectivity index (χ4v) is 1.85. The topological polar surface area (TPSA) is 59.0 Å². The Labute approximate surface area is 112 Å². The van der Waals surface area contributed by atoms with E-state index in [0.29, 0.717) is 0 Å². The number of aromatic nitrogens is 2. The third-order valence-corrected chi connectivity index (χ3v) is 2.93. The van der Waals surface area contributed by atoms with Gasteiger partial charge in [0.25, 0.3) is 0 Å². The van der Waals surface area contributed by atoms with E-state index in [1.54, 1.807) is 6.33 Å². The molecule has 1 amide bonds. The van der Waals surface area contributed by atoms with Crippen LogP contribution in [0.3, 0.4) is 0 Å². The number of carbonyl (C=O) groups is 1. The number of nitrogens with one attached hydrogen (secondary N) is 2. The number of carbonyl (C=O) groups excluding carboxylic acids is 1. The van der Waals surface area contributed by atoms with Crippen LogP contribution >= 0.6 is 0 Å². The lowest BCUT2D eigenvalue weighted by atomic mass is 10.1. The molecule has 1 heterocycles. The number of nitrogens with zero attached hydrogens (tertiary/aromatic N) is 2. The van der Waals surface area contributed by atoms with Gasteiger partial charge >= 0.3 is 0 Å². The molecule has 0 saturated heterocycles. The summed E-state index contributed by atoms with van der Waals surface area (Å²) in [4.78, 5) is 15.1. The van der Waals surface area contributed by atoms with Crippen molar-refractivity contribution >= 4 is 17.3 Å². The molecule has 100 valence electrons. The second kappa shape index (κ2) is 5.56. The first-order valence-corrected chi connectivity index (χ1v) is 6.13. The van der Waals surface area contributed by atoms with Crippen LogP contribution in [0.25, 0.3) is 0 Å². The van der Waals surface area contributed by atoms with Crippen molar-refractivity contribution in [2.75, 3.05) is 10.6 Å². The first-order chi connectivity index (χ1) is 9.06. The molecule has 2 N–H and O–H groups in total. The van der Waals surface area contributed by atoms with Gasteiger partial charge in [0.15, 0.2) is 0 Å². The quantitative estimate of drug-likeness (QED) is 0.884. The third kappa shape index (κ3) is 3.34. The van der Waals surface area contributed by atoms with Gasteiger partial charge in [0, 0.05) is 31.5 Å². The summed E-state index contributed by atoms with van der Waals surface area (Å²) < 4.78 is 1.98. The van der Waals surface area contributed by atoms with Crippen molar-refractivity contribution in [3.63, 3.8) is 0 Å². The number of hydrogen-bond acceptors (Lipinski definition) is 3. The van der Waals surface area contributed by atoms with Crippen molar-refractivity contribution in [2.45, 2.75) is 20.4 Å². The molecule has 5 nitrogen and oxygen atoms in total. The smallest absolute Gasteiger partial charge is 0.221 e. The van der Waals surface area contributed by atoms with E-state index in [0.717, 1.165) is 29.2 Å². The Hall–Kier alpha value is -2.30. The summed E-state index contributed by atoms with van der Waals surface area (Å²) in [7, 11) is 1.97. The lowest BCUT2D eigenvalue weighted by Crippen LogP contribution is -2.08. The maximum absolute atomic E-state index is 11.0. The predicted molar refractivity (Wildman–Crippen MR) is 76.0 cm³/mol. The number of rotatable bonds is 4. The highest BCUT2D eigenvalue weighted by molar-refractivity contribution is 5.89. The Morgan fingerprint density at radius 2 is 2.21 bits per heavy atom. The summed E-state index contributed by atoms with van der Waals surface area (Å²) in [6.45, 7) is 4.20. The number of imidazole rings is 1. The normalized spacial score (nSPS) is 10.3. The van der Waals surface area contributed by atoms with Crippen LogP contribution in [0.5, 0.6) is 0 Å². The molecule has 1 aromatic heterocycles. The van der Waals surface area contributed by atoms with E-state index in [4.69, 9.17) is 0 Å². The summed E-state index contributed by atoms with van der Waals surface area (Å²) in [5, 5.41) is 6.13. The Kier molecular flexibility index (Phi) is 3.85. The largest absolute Gasteiger partial charge is 0.379 e. The van der Waals surface area contributed by atoms with Crippen molar-refractivity contribution in [1.29, 1.82) is 0 Å². The van der Waals surface area contributed by atoms with Crippen LogP contribution in [-0.2, 0) is 18.4 Å². The molecule has 0 spiro atoms. The second-order valence-electron chi connectivity index (χ2n) is 4.56. The Morgan fingerprint density at radius 3 is 2.79 bits per heavy atom. The second-order valence-corrected chi connectivity index (χ2v) is 4.56. The molecule has 2 rings (SSSR count). The highest BCUT2D eigenvalue weighted by atomic mass is 16.1. The summed E-state index contributed by atoms with van der Waals surface area (Å²) in [6, 6.07) is 5.87. The van der Waals surface area contributed by atoms with E-state index in [2.05, 4.69) is 15.6 Å². The van der Waals surface area contributed by atoms with E-state index in [1.807, 2.05) is 42.9 Å². The minimum absolute atomic E-state index is 0.0568. The van der Waals surface area contributed by atoms with E-state index < -0.39 is 0 Å². The summed E-state index contributed by atoms with van der Waals surface area (Å²) in [5.41, 5.74) is 4.01. The molecular weight excluding hydrogens is 240 g/mol. The first-order valence-electron chi connectivity index (χ1n) is 6.13. The maximum Gasteiger partial charge on any atom is 0.221 e. The van der Waals surface area contributed by atoms with Crippen LogP contribution in [0.1, 0.15) is 18.2 Å². The van der Waals surface area contributed by atoms with E-state index in [1.165, 1.54) is 6.92 Å². The fraction of sp³-hybridized carbons (Fsp3) is 0.286. The van der Waals surface area contributed by atoms with Gasteiger partial charge in [-0.2, -0.15) is 0 Å². The van der Waals surface area contributed by atoms with Gasteiger partial charge < -0.3 is 15.2 Å². The minimum atomic E-state index is -0.0568. The van der Waals surface area contributed by atoms with Crippen LogP contribution in [0.15, 0.2) is 30.7 Å². The molecule has 0 aliphatic heterocycles. The number of benzene rings is 1. The van der Waals surface area contributed by atoms with Gasteiger partial charge in [-0.05, 0) is 30.7 Å². The number of hydrogen-bond donors (Lipinski definition) is 2. The fourth-order valence-electron chi connectivity index (χ4n) is 1.85. The molecule has 2 aromatic rings. The van der Waals surface area contributed by atoms with Gasteiger partial charge in [0.2, 0.25) is 5.91 Å². The highest BCUT2D eigenvalue weighted by Gasteiger charge is 2.03. The van der Waals surface area contributed by atoms with Gasteiger partial charge in [0.1, 0.15) is 0 Å². The molecule has 0 aliphatic carbocycles. The average molecular weight is 258 g/mol. The molecule has 0 unspecified atom stereocenters. The van der Waals surface area contributed by atoms with Crippen LogP contribution in [0.2, 0.25) is 0 Å². The summed E-state index contributed by atoms with van der Waals surface area (Å²) >= 11 is 0. The first kappa shape index (κ1) is 13.1. The number of anilines is 2. The van der Waals surface area contributed by atoms with Crippen molar-refractivity contribution in [2.24, 2.45) is 7.05 Å². The Morgan fingerprint density at radius 1 is 1.42 bits per heavy atom. The van der Waals surface area contributed by atoms with Gasteiger partial charge in [-0.1, -0.05) is 0 Å². The molecule has 0 fully saturated rings. The highest BCUT2D eigenvalue weighted by Crippen LogP contribution is 2.20. The summed E-state index contributed by atoms with van der Waals surface area (Å²) in [6.07, 6.45) is 3.62. The van der Waals surface area contributed by atoms with Gasteiger partial charge in [-0.3, -0.25) is 4.79 Å². The average Bonchev–Trinajstić information content (AvgIpc) is 2.75. The zero-order valence-electron chi connectivity index (χ0n) is 11.4. The molecule has 1 aromatic carbocycles. The van der Waals surface area contributed by atoms with E-state index in [-0.39, 0.29) is 5.91 Å². The molecular formula is C14H18N4O. The zero-order chi connectivity index (χ0) is 13.8. The van der Waals surface area contributed by atoms with E-state index >= 15 is 0 Å². The number of aryl methyl sites for hydroxylation is 2. The molecule has 0 aliphatic rings. The molecule has 0 saturated carbocycles. The van der Waals surface area contributed by atoms with Crippen LogP contribution in [0, 0.1) is 6.92 Å². The van der Waals surface area contributed by atoms with Gasteiger partial charge in [-0.25, -0.2) is 4.98 Å². The third-order valence-electron chi connectivity index (χ3n) is 2.93. The molecule has 5 heteroatoms. The standard InChI is InChI=1S/C14H18N4O/c1-10-6-12(4-5-14(10)17-11(2)19)16-8-13-7-15-9-18(13)3/h4-7,9,16H,8H2,1-3H3,(H,17,19). The van der Waals surface area contributed by atoms with Crippen molar-refractivity contribution in [3.8, 4) is 0 Å². The van der Waals surface area contributed by atoms with E-state index in [9.17, 15) is 4.79 Å². The lowest BCUT2D eigenvalue weighted by Gasteiger charge is -2.11. The van der Waals surface area contributed by atoms with Crippen LogP contribution in [0.4, 0.5) is 11.4 Å². The van der Waals surface area contributed by atoms with Crippen LogP contribution in [-0.4, -0.2) is 15.5 Å². The van der Waals surface area contributed by atoms with Crippen LogP contribution < -0.4 is 10.6 Å². The van der Waals surface area contributed by atoms with Gasteiger partial charge in [0.05, 0.1) is 18.6 Å².